The Labute approximate surface area is 144 Å². The van der Waals surface area contributed by atoms with E-state index in [-0.39, 0.29) is 12.5 Å². The number of piperidine rings is 1. The third kappa shape index (κ3) is 3.61. The quantitative estimate of drug-likeness (QED) is 0.804. The molecule has 1 heterocycles. The molecule has 0 spiro atoms. The molecule has 24 heavy (non-hydrogen) atoms. The van der Waals surface area contributed by atoms with Gasteiger partial charge in [-0.25, -0.2) is 4.79 Å². The fraction of sp³-hybridized carbons (Fsp3) is 0.895. The van der Waals surface area contributed by atoms with Crippen molar-refractivity contribution in [2.24, 2.45) is 11.8 Å². The molecule has 0 aromatic rings. The molecule has 1 amide bonds. The number of likely N-dealkylation sites (tertiary alicyclic amines) is 1. The number of aliphatic hydroxyl groups is 1. The average Bonchev–Trinajstić information content (AvgIpc) is 2.60. The first kappa shape index (κ1) is 17.7. The van der Waals surface area contributed by atoms with Gasteiger partial charge in [0, 0.05) is 12.6 Å². The highest BCUT2D eigenvalue weighted by Crippen LogP contribution is 2.38. The number of fused-ring (bicyclic) bond motifs is 1. The van der Waals surface area contributed by atoms with Crippen LogP contribution in [0.15, 0.2) is 0 Å². The van der Waals surface area contributed by atoms with Crippen LogP contribution in [0.4, 0.5) is 0 Å². The number of amides is 1. The Hall–Kier alpha value is -1.10. The van der Waals surface area contributed by atoms with E-state index in [1.54, 1.807) is 0 Å². The SMILES string of the molecule is C[C@@H]1CCN(C(=O)COC(=O)C2(O)CCCCC2)[C@H]2CCCC[C@@H]12. The first-order chi connectivity index (χ1) is 11.5. The van der Waals surface area contributed by atoms with Crippen molar-refractivity contribution < 1.29 is 19.4 Å². The summed E-state index contributed by atoms with van der Waals surface area (Å²) < 4.78 is 5.23. The van der Waals surface area contributed by atoms with Gasteiger partial charge in [-0.2, -0.15) is 0 Å². The minimum absolute atomic E-state index is 0.0911. The zero-order valence-corrected chi connectivity index (χ0v) is 14.8. The van der Waals surface area contributed by atoms with Crippen LogP contribution in [0.2, 0.25) is 0 Å². The third-order valence-electron chi connectivity index (χ3n) is 6.45. The van der Waals surface area contributed by atoms with Gasteiger partial charge in [0.15, 0.2) is 12.2 Å². The lowest BCUT2D eigenvalue weighted by Crippen LogP contribution is -2.53. The van der Waals surface area contributed by atoms with E-state index in [0.717, 1.165) is 38.6 Å². The van der Waals surface area contributed by atoms with Gasteiger partial charge >= 0.3 is 5.97 Å². The molecule has 0 radical (unpaired) electrons. The highest BCUT2D eigenvalue weighted by Gasteiger charge is 2.41. The van der Waals surface area contributed by atoms with Crippen LogP contribution in [0, 0.1) is 11.8 Å². The van der Waals surface area contributed by atoms with E-state index in [1.165, 1.54) is 19.3 Å². The third-order valence-corrected chi connectivity index (χ3v) is 6.45. The predicted molar refractivity (Wildman–Crippen MR) is 90.2 cm³/mol. The maximum Gasteiger partial charge on any atom is 0.338 e. The van der Waals surface area contributed by atoms with Crippen molar-refractivity contribution in [3.05, 3.63) is 0 Å². The maximum atomic E-state index is 12.6. The van der Waals surface area contributed by atoms with Gasteiger partial charge in [0.2, 0.25) is 0 Å². The van der Waals surface area contributed by atoms with E-state index in [1.807, 2.05) is 4.90 Å². The summed E-state index contributed by atoms with van der Waals surface area (Å²) in [5, 5.41) is 10.4. The van der Waals surface area contributed by atoms with E-state index in [2.05, 4.69) is 6.92 Å². The average molecular weight is 337 g/mol. The normalized spacial score (nSPS) is 32.8. The fourth-order valence-electron chi connectivity index (χ4n) is 4.91. The summed E-state index contributed by atoms with van der Waals surface area (Å²) in [4.78, 5) is 26.8. The van der Waals surface area contributed by atoms with Crippen LogP contribution >= 0.6 is 0 Å². The summed E-state index contributed by atoms with van der Waals surface area (Å²) in [7, 11) is 0. The molecule has 1 N–H and O–H groups in total. The summed E-state index contributed by atoms with van der Waals surface area (Å²) in [6.07, 6.45) is 9.37. The van der Waals surface area contributed by atoms with Gasteiger partial charge in [-0.3, -0.25) is 4.79 Å². The molecule has 3 rings (SSSR count). The molecule has 2 saturated carbocycles. The van der Waals surface area contributed by atoms with Gasteiger partial charge in [0.05, 0.1) is 0 Å². The number of ether oxygens (including phenoxy) is 1. The lowest BCUT2D eigenvalue weighted by atomic mass is 9.72. The predicted octanol–water partition coefficient (Wildman–Crippen LogP) is 2.65. The van der Waals surface area contributed by atoms with Gasteiger partial charge in [0.25, 0.3) is 5.91 Å². The smallest absolute Gasteiger partial charge is 0.338 e. The molecule has 136 valence electrons. The van der Waals surface area contributed by atoms with Crippen LogP contribution in [0.25, 0.3) is 0 Å². The standard InChI is InChI=1S/C19H31NO4/c1-14-9-12-20(16-8-4-3-7-15(14)16)17(21)13-24-18(22)19(23)10-5-2-6-11-19/h14-16,23H,2-13H2,1H3/t14-,15+,16+/m1/s1. The topological polar surface area (TPSA) is 66.8 Å². The van der Waals surface area contributed by atoms with Crippen LogP contribution in [0.3, 0.4) is 0 Å². The summed E-state index contributed by atoms with van der Waals surface area (Å²) in [5.74, 6) is 0.562. The van der Waals surface area contributed by atoms with Crippen molar-refractivity contribution in [2.75, 3.05) is 13.2 Å². The first-order valence-corrected chi connectivity index (χ1v) is 9.70. The highest BCUT2D eigenvalue weighted by molar-refractivity contribution is 5.84. The van der Waals surface area contributed by atoms with E-state index in [0.29, 0.717) is 30.7 Å². The number of esters is 1. The second-order valence-electron chi connectivity index (χ2n) is 8.04. The number of hydrogen-bond donors (Lipinski definition) is 1. The molecule has 5 heteroatoms. The van der Waals surface area contributed by atoms with Crippen LogP contribution in [0.1, 0.15) is 71.1 Å². The van der Waals surface area contributed by atoms with E-state index in [4.69, 9.17) is 4.74 Å². The Morgan fingerprint density at radius 1 is 1.08 bits per heavy atom. The minimum Gasteiger partial charge on any atom is -0.453 e. The maximum absolute atomic E-state index is 12.6. The number of hydrogen-bond acceptors (Lipinski definition) is 4. The molecule has 3 fully saturated rings. The Morgan fingerprint density at radius 2 is 1.79 bits per heavy atom. The molecule has 0 aromatic heterocycles. The molecule has 2 aliphatic carbocycles. The van der Waals surface area contributed by atoms with Crippen LogP contribution in [0.5, 0.6) is 0 Å². The Balaban J connectivity index is 1.55. The van der Waals surface area contributed by atoms with Crippen LogP contribution in [-0.2, 0) is 14.3 Å². The zero-order valence-electron chi connectivity index (χ0n) is 14.8. The number of rotatable bonds is 3. The number of nitrogens with zero attached hydrogens (tertiary/aromatic N) is 1. The van der Waals surface area contributed by atoms with Crippen molar-refractivity contribution in [1.29, 1.82) is 0 Å². The largest absolute Gasteiger partial charge is 0.453 e. The molecule has 0 aromatic carbocycles. The minimum atomic E-state index is -1.37. The number of carbonyl (C=O) groups excluding carboxylic acids is 2. The summed E-state index contributed by atoms with van der Waals surface area (Å²) in [5.41, 5.74) is -1.37. The summed E-state index contributed by atoms with van der Waals surface area (Å²) >= 11 is 0. The Kier molecular flexibility index (Phi) is 5.48. The number of carbonyl (C=O) groups is 2. The molecule has 0 unspecified atom stereocenters. The van der Waals surface area contributed by atoms with Gasteiger partial charge in [-0.1, -0.05) is 26.2 Å². The van der Waals surface area contributed by atoms with Crippen molar-refractivity contribution in [1.82, 2.24) is 4.90 Å². The first-order valence-electron chi connectivity index (χ1n) is 9.70. The lowest BCUT2D eigenvalue weighted by molar-refractivity contribution is -0.173. The van der Waals surface area contributed by atoms with Crippen molar-refractivity contribution in [3.63, 3.8) is 0 Å². The van der Waals surface area contributed by atoms with Crippen molar-refractivity contribution >= 4 is 11.9 Å². The molecule has 5 nitrogen and oxygen atoms in total. The molecule has 3 atom stereocenters. The van der Waals surface area contributed by atoms with E-state index in [9.17, 15) is 14.7 Å². The Bertz CT molecular complexity index is 472. The van der Waals surface area contributed by atoms with Gasteiger partial charge in [-0.15, -0.1) is 0 Å². The van der Waals surface area contributed by atoms with E-state index < -0.39 is 11.6 Å². The zero-order chi connectivity index (χ0) is 17.2. The second kappa shape index (κ2) is 7.42. The molecular weight excluding hydrogens is 306 g/mol. The van der Waals surface area contributed by atoms with E-state index >= 15 is 0 Å². The molecule has 1 aliphatic heterocycles. The Morgan fingerprint density at radius 3 is 2.54 bits per heavy atom. The van der Waals surface area contributed by atoms with Crippen LogP contribution in [-0.4, -0.2) is 46.7 Å². The molecule has 0 bridgehead atoms. The van der Waals surface area contributed by atoms with Crippen LogP contribution < -0.4 is 0 Å². The van der Waals surface area contributed by atoms with Crippen molar-refractivity contribution in [2.45, 2.75) is 82.8 Å². The van der Waals surface area contributed by atoms with Gasteiger partial charge < -0.3 is 14.7 Å². The summed E-state index contributed by atoms with van der Waals surface area (Å²) in [6.45, 7) is 2.84. The fourth-order valence-corrected chi connectivity index (χ4v) is 4.91. The van der Waals surface area contributed by atoms with Crippen molar-refractivity contribution in [3.8, 4) is 0 Å². The van der Waals surface area contributed by atoms with Gasteiger partial charge in [-0.05, 0) is 56.8 Å². The second-order valence-corrected chi connectivity index (χ2v) is 8.04. The lowest BCUT2D eigenvalue weighted by Gasteiger charge is -2.47. The monoisotopic (exact) mass is 337 g/mol. The molecular formula is C19H31NO4. The summed E-state index contributed by atoms with van der Waals surface area (Å²) in [6, 6.07) is 0.312. The molecule has 3 aliphatic rings. The molecule has 1 saturated heterocycles. The highest BCUT2D eigenvalue weighted by atomic mass is 16.6. The van der Waals surface area contributed by atoms with Gasteiger partial charge in [0.1, 0.15) is 0 Å².